The summed E-state index contributed by atoms with van der Waals surface area (Å²) in [7, 11) is 1.78. The van der Waals surface area contributed by atoms with Gasteiger partial charge in [-0.25, -0.2) is 4.39 Å². The molecule has 2 N–H and O–H groups in total. The lowest BCUT2D eigenvalue weighted by molar-refractivity contribution is 0.0620. The van der Waals surface area contributed by atoms with Crippen LogP contribution in [0.3, 0.4) is 0 Å². The van der Waals surface area contributed by atoms with E-state index in [2.05, 4.69) is 5.32 Å². The van der Waals surface area contributed by atoms with Crippen molar-refractivity contribution in [1.82, 2.24) is 5.32 Å². The van der Waals surface area contributed by atoms with Crippen LogP contribution in [0.15, 0.2) is 18.2 Å². The Bertz CT molecular complexity index is 336. The average Bonchev–Trinajstić information content (AvgIpc) is 2.10. The SMILES string of the molecule is CNCC(C)(O)Cc1cc(F)ccc1C. The van der Waals surface area contributed by atoms with Crippen molar-refractivity contribution in [3.63, 3.8) is 0 Å². The van der Waals surface area contributed by atoms with Gasteiger partial charge in [0, 0.05) is 13.0 Å². The van der Waals surface area contributed by atoms with Gasteiger partial charge in [0.25, 0.3) is 0 Å². The van der Waals surface area contributed by atoms with Crippen molar-refractivity contribution in [2.75, 3.05) is 13.6 Å². The van der Waals surface area contributed by atoms with Gasteiger partial charge in [0.2, 0.25) is 0 Å². The first-order valence-electron chi connectivity index (χ1n) is 5.06. The number of rotatable bonds is 4. The Labute approximate surface area is 90.1 Å². The normalized spacial score (nSPS) is 15.0. The maximum atomic E-state index is 13.0. The van der Waals surface area contributed by atoms with Crippen LogP contribution < -0.4 is 5.32 Å². The second-order valence-electron chi connectivity index (χ2n) is 4.27. The summed E-state index contributed by atoms with van der Waals surface area (Å²) in [5.41, 5.74) is 1.02. The van der Waals surface area contributed by atoms with Gasteiger partial charge in [0.05, 0.1) is 5.60 Å². The van der Waals surface area contributed by atoms with Gasteiger partial charge < -0.3 is 10.4 Å². The number of aliphatic hydroxyl groups is 1. The lowest BCUT2D eigenvalue weighted by atomic mass is 9.93. The van der Waals surface area contributed by atoms with Gasteiger partial charge in [0.1, 0.15) is 5.82 Å². The molecule has 1 rings (SSSR count). The van der Waals surface area contributed by atoms with Crippen LogP contribution in [0.4, 0.5) is 4.39 Å². The topological polar surface area (TPSA) is 32.3 Å². The highest BCUT2D eigenvalue weighted by Crippen LogP contribution is 2.17. The summed E-state index contributed by atoms with van der Waals surface area (Å²) in [5.74, 6) is -0.254. The van der Waals surface area contributed by atoms with Gasteiger partial charge in [-0.15, -0.1) is 0 Å². The molecule has 1 aromatic carbocycles. The molecule has 0 aromatic heterocycles. The van der Waals surface area contributed by atoms with E-state index in [4.69, 9.17) is 0 Å². The van der Waals surface area contributed by atoms with Gasteiger partial charge in [-0.1, -0.05) is 6.07 Å². The average molecular weight is 211 g/mol. The standard InChI is InChI=1S/C12H18FNO/c1-9-4-5-11(13)6-10(9)7-12(2,15)8-14-3/h4-6,14-15H,7-8H2,1-3H3. The van der Waals surface area contributed by atoms with Crippen LogP contribution in [0.25, 0.3) is 0 Å². The van der Waals surface area contributed by atoms with Gasteiger partial charge in [0.15, 0.2) is 0 Å². The fraction of sp³-hybridized carbons (Fsp3) is 0.500. The van der Waals surface area contributed by atoms with Crippen molar-refractivity contribution in [2.24, 2.45) is 0 Å². The summed E-state index contributed by atoms with van der Waals surface area (Å²) < 4.78 is 13.0. The Hall–Kier alpha value is -0.930. The zero-order chi connectivity index (χ0) is 11.5. The zero-order valence-electron chi connectivity index (χ0n) is 9.47. The molecule has 0 amide bonds. The second kappa shape index (κ2) is 4.73. The smallest absolute Gasteiger partial charge is 0.123 e. The Morgan fingerprint density at radius 1 is 1.47 bits per heavy atom. The highest BCUT2D eigenvalue weighted by molar-refractivity contribution is 5.27. The van der Waals surface area contributed by atoms with Gasteiger partial charge >= 0.3 is 0 Å². The third-order valence-corrected chi connectivity index (χ3v) is 2.44. The summed E-state index contributed by atoms with van der Waals surface area (Å²) in [6, 6.07) is 4.66. The predicted octanol–water partition coefficient (Wildman–Crippen LogP) is 1.65. The summed E-state index contributed by atoms with van der Waals surface area (Å²) in [6.45, 7) is 4.15. The first-order chi connectivity index (χ1) is 6.94. The minimum Gasteiger partial charge on any atom is -0.389 e. The molecule has 0 bridgehead atoms. The molecule has 1 atom stereocenters. The van der Waals surface area contributed by atoms with E-state index in [1.54, 1.807) is 20.0 Å². The molecule has 0 saturated heterocycles. The van der Waals surface area contributed by atoms with Crippen LogP contribution >= 0.6 is 0 Å². The van der Waals surface area contributed by atoms with Crippen molar-refractivity contribution >= 4 is 0 Å². The van der Waals surface area contributed by atoms with Crippen molar-refractivity contribution in [1.29, 1.82) is 0 Å². The molecule has 0 spiro atoms. The van der Waals surface area contributed by atoms with Gasteiger partial charge in [-0.3, -0.25) is 0 Å². The Morgan fingerprint density at radius 2 is 2.13 bits per heavy atom. The molecule has 84 valence electrons. The maximum Gasteiger partial charge on any atom is 0.123 e. The van der Waals surface area contributed by atoms with Crippen LogP contribution in [0.2, 0.25) is 0 Å². The molecule has 0 fully saturated rings. The number of aryl methyl sites for hydroxylation is 1. The lowest BCUT2D eigenvalue weighted by Crippen LogP contribution is -2.38. The van der Waals surface area contributed by atoms with Crippen LogP contribution in [0.5, 0.6) is 0 Å². The molecular weight excluding hydrogens is 193 g/mol. The molecular formula is C12H18FNO. The fourth-order valence-electron chi connectivity index (χ4n) is 1.68. The molecule has 0 saturated carbocycles. The molecule has 1 aromatic rings. The minimum atomic E-state index is -0.840. The van der Waals surface area contributed by atoms with E-state index in [1.807, 2.05) is 6.92 Å². The molecule has 0 aliphatic carbocycles. The first-order valence-corrected chi connectivity index (χ1v) is 5.06. The van der Waals surface area contributed by atoms with Crippen molar-refractivity contribution < 1.29 is 9.50 Å². The summed E-state index contributed by atoms with van der Waals surface area (Å²) >= 11 is 0. The first kappa shape index (κ1) is 12.1. The number of hydrogen-bond acceptors (Lipinski definition) is 2. The molecule has 3 heteroatoms. The van der Waals surface area contributed by atoms with Crippen LogP contribution in [0.1, 0.15) is 18.1 Å². The van der Waals surface area contributed by atoms with E-state index < -0.39 is 5.60 Å². The van der Waals surface area contributed by atoms with E-state index in [0.717, 1.165) is 11.1 Å². The summed E-state index contributed by atoms with van der Waals surface area (Å²) in [4.78, 5) is 0. The fourth-order valence-corrected chi connectivity index (χ4v) is 1.68. The molecule has 0 aliphatic rings. The third kappa shape index (κ3) is 3.61. The van der Waals surface area contributed by atoms with E-state index in [1.165, 1.54) is 12.1 Å². The zero-order valence-corrected chi connectivity index (χ0v) is 9.47. The molecule has 2 nitrogen and oxygen atoms in total. The van der Waals surface area contributed by atoms with Gasteiger partial charge in [-0.2, -0.15) is 0 Å². The van der Waals surface area contributed by atoms with Crippen LogP contribution in [-0.2, 0) is 6.42 Å². The van der Waals surface area contributed by atoms with E-state index in [-0.39, 0.29) is 5.82 Å². The quantitative estimate of drug-likeness (QED) is 0.793. The Balaban J connectivity index is 2.83. The molecule has 0 radical (unpaired) electrons. The predicted molar refractivity (Wildman–Crippen MR) is 59.4 cm³/mol. The van der Waals surface area contributed by atoms with Crippen LogP contribution in [-0.4, -0.2) is 24.3 Å². The number of halogens is 1. The van der Waals surface area contributed by atoms with E-state index in [0.29, 0.717) is 13.0 Å². The number of benzene rings is 1. The number of likely N-dealkylation sites (N-methyl/N-ethyl adjacent to an activating group) is 1. The minimum absolute atomic E-state index is 0.254. The van der Waals surface area contributed by atoms with Crippen molar-refractivity contribution in [2.45, 2.75) is 25.9 Å². The summed E-state index contributed by atoms with van der Waals surface area (Å²) in [6.07, 6.45) is 0.456. The third-order valence-electron chi connectivity index (χ3n) is 2.44. The van der Waals surface area contributed by atoms with Crippen molar-refractivity contribution in [3.05, 3.63) is 35.1 Å². The second-order valence-corrected chi connectivity index (χ2v) is 4.27. The molecule has 0 aliphatic heterocycles. The monoisotopic (exact) mass is 211 g/mol. The highest BCUT2D eigenvalue weighted by Gasteiger charge is 2.20. The Morgan fingerprint density at radius 3 is 2.73 bits per heavy atom. The summed E-state index contributed by atoms with van der Waals surface area (Å²) in [5, 5.41) is 12.9. The lowest BCUT2D eigenvalue weighted by Gasteiger charge is -2.23. The van der Waals surface area contributed by atoms with E-state index >= 15 is 0 Å². The highest BCUT2D eigenvalue weighted by atomic mass is 19.1. The largest absolute Gasteiger partial charge is 0.389 e. The molecule has 1 unspecified atom stereocenters. The van der Waals surface area contributed by atoms with Crippen LogP contribution in [0, 0.1) is 12.7 Å². The number of nitrogens with one attached hydrogen (secondary N) is 1. The maximum absolute atomic E-state index is 13.0. The number of hydrogen-bond donors (Lipinski definition) is 2. The Kier molecular flexibility index (Phi) is 3.83. The molecule has 15 heavy (non-hydrogen) atoms. The molecule has 0 heterocycles. The van der Waals surface area contributed by atoms with Crippen molar-refractivity contribution in [3.8, 4) is 0 Å². The van der Waals surface area contributed by atoms with E-state index in [9.17, 15) is 9.50 Å². The van der Waals surface area contributed by atoms with Gasteiger partial charge in [-0.05, 0) is 44.2 Å².